The normalized spacial score (nSPS) is 10.4. The Morgan fingerprint density at radius 2 is 1.16 bits per heavy atom. The van der Waals surface area contributed by atoms with E-state index in [4.69, 9.17) is 15.6 Å². The number of para-hydroxylation sites is 2. The maximum Gasteiger partial charge on any atom is 2.00 e. The number of anilines is 3. The van der Waals surface area contributed by atoms with Crippen LogP contribution >= 0.6 is 23.6 Å². The molecule has 0 aliphatic rings. The summed E-state index contributed by atoms with van der Waals surface area (Å²) in [5, 5.41) is 43.9. The zero-order valence-corrected chi connectivity index (χ0v) is 35.7. The van der Waals surface area contributed by atoms with Crippen molar-refractivity contribution >= 4 is 63.0 Å². The van der Waals surface area contributed by atoms with E-state index >= 15 is 0 Å². The van der Waals surface area contributed by atoms with Crippen LogP contribution in [0.4, 0.5) is 29.5 Å². The summed E-state index contributed by atoms with van der Waals surface area (Å²) in [5.41, 5.74) is 2.74. The minimum absolute atomic E-state index is 0. The van der Waals surface area contributed by atoms with Gasteiger partial charge in [-0.1, -0.05) is 54.3 Å². The second kappa shape index (κ2) is 21.4. The molecule has 0 radical (unpaired) electrons. The summed E-state index contributed by atoms with van der Waals surface area (Å²) in [7, 11) is 0. The summed E-state index contributed by atoms with van der Waals surface area (Å²) in [6, 6.07) is 36.3. The van der Waals surface area contributed by atoms with E-state index in [2.05, 4.69) is 71.5 Å². The molecule has 0 bridgehead atoms. The van der Waals surface area contributed by atoms with Gasteiger partial charge in [0.05, 0.1) is 39.5 Å². The zero-order valence-electron chi connectivity index (χ0n) is 32.3. The van der Waals surface area contributed by atoms with Crippen molar-refractivity contribution < 1.29 is 62.4 Å². The van der Waals surface area contributed by atoms with Gasteiger partial charge in [0.1, 0.15) is 10.7 Å². The topological polar surface area (TPSA) is 216 Å². The third-order valence-corrected chi connectivity index (χ3v) is 9.71. The number of rotatable bonds is 10. The molecule has 8 aromatic rings. The average molecular weight is 986 g/mol. The molecule has 0 saturated heterocycles. The number of hydrogen-bond donors (Lipinski definition) is 3. The number of halogens is 3. The number of carboxylic acids is 3. The van der Waals surface area contributed by atoms with Crippen molar-refractivity contribution in [2.75, 3.05) is 4.90 Å². The molecule has 320 valence electrons. The van der Waals surface area contributed by atoms with Crippen molar-refractivity contribution in [2.45, 2.75) is 6.18 Å². The molecule has 0 saturated carbocycles. The van der Waals surface area contributed by atoms with Crippen LogP contribution in [0.15, 0.2) is 146 Å². The van der Waals surface area contributed by atoms with Gasteiger partial charge in [0.25, 0.3) is 0 Å². The largest absolute Gasteiger partial charge is 2.00 e. The van der Waals surface area contributed by atoms with Gasteiger partial charge in [-0.15, -0.1) is 11.3 Å². The van der Waals surface area contributed by atoms with E-state index in [0.717, 1.165) is 32.9 Å². The van der Waals surface area contributed by atoms with Crippen LogP contribution in [0.25, 0.3) is 50.0 Å². The van der Waals surface area contributed by atoms with Crippen LogP contribution in [0.5, 0.6) is 0 Å². The van der Waals surface area contributed by atoms with E-state index < -0.39 is 29.8 Å². The first-order valence-corrected chi connectivity index (χ1v) is 19.2. The number of benzene rings is 2. The molecule has 0 aliphatic heterocycles. The zero-order chi connectivity index (χ0) is 45.1. The van der Waals surface area contributed by atoms with Crippen LogP contribution in [-0.4, -0.2) is 63.4 Å². The smallest absolute Gasteiger partial charge is 0.753 e. The van der Waals surface area contributed by atoms with E-state index in [9.17, 15) is 32.7 Å². The van der Waals surface area contributed by atoms with Gasteiger partial charge in [0, 0.05) is 46.1 Å². The van der Waals surface area contributed by atoms with Gasteiger partial charge in [0.15, 0.2) is 0 Å². The number of pyridine rings is 4. The molecule has 0 amide bonds. The maximum absolute atomic E-state index is 12.8. The Balaban J connectivity index is 0.000000228. The Bertz CT molecular complexity index is 2820. The summed E-state index contributed by atoms with van der Waals surface area (Å²) < 4.78 is 38.4. The van der Waals surface area contributed by atoms with Crippen LogP contribution in [0.2, 0.25) is 0 Å². The summed E-state index contributed by atoms with van der Waals surface area (Å²) >= 11 is 5.30. The predicted octanol–water partition coefficient (Wildman–Crippen LogP) is 10.3. The molecule has 2 aromatic carbocycles. The SMILES string of the molecule is FC(F)(F)c1cc(-c2ccc(-c3ccc(N(c4ccccc4)c4ccccc4)s3)cn2)[n-]n1.O=C(O)c1ccnc(-c2cc(C(=O)O)cc(-c3cc(C(=O)O)ccn3)n2)c1.[N-]=C=S.[Ru+2]. The minimum atomic E-state index is -4.53. The van der Waals surface area contributed by atoms with Gasteiger partial charge < -0.3 is 35.8 Å². The number of nitrogens with zero attached hydrogens (tertiary/aromatic N) is 8. The molecular weight excluding hydrogens is 959 g/mol. The molecule has 8 rings (SSSR count). The van der Waals surface area contributed by atoms with E-state index in [0.29, 0.717) is 5.69 Å². The Morgan fingerprint density at radius 1 is 0.656 bits per heavy atom. The molecule has 6 heterocycles. The molecule has 14 nitrogen and oxygen atoms in total. The second-order valence-corrected chi connectivity index (χ2v) is 13.9. The van der Waals surface area contributed by atoms with E-state index in [1.165, 1.54) is 54.0 Å². The number of isothiocyanates is 1. The number of hydrogen-bond acceptors (Lipinski definition) is 11. The molecule has 0 spiro atoms. The number of carboxylic acid groups (broad SMARTS) is 3. The summed E-state index contributed by atoms with van der Waals surface area (Å²) in [6.07, 6.45) is -0.335. The fourth-order valence-corrected chi connectivity index (χ4v) is 6.77. The molecule has 0 unspecified atom stereocenters. The molecule has 20 heteroatoms. The van der Waals surface area contributed by atoms with E-state index in [1.54, 1.807) is 23.6 Å². The van der Waals surface area contributed by atoms with Crippen molar-refractivity contribution in [1.82, 2.24) is 30.1 Å². The average Bonchev–Trinajstić information content (AvgIpc) is 4.00. The molecule has 64 heavy (non-hydrogen) atoms. The van der Waals surface area contributed by atoms with Crippen molar-refractivity contribution in [3.05, 3.63) is 174 Å². The van der Waals surface area contributed by atoms with Gasteiger partial charge in [-0.05, 0) is 91.0 Å². The van der Waals surface area contributed by atoms with Gasteiger partial charge >= 0.3 is 43.6 Å². The number of thiophene rings is 1. The fraction of sp³-hybridized carbons (Fsp3) is 0.0227. The maximum atomic E-state index is 12.8. The summed E-state index contributed by atoms with van der Waals surface area (Å²) in [4.78, 5) is 53.6. The van der Waals surface area contributed by atoms with Crippen molar-refractivity contribution in [3.8, 4) is 44.6 Å². The Hall–Kier alpha value is -7.63. The Labute approximate surface area is 383 Å². The second-order valence-electron chi connectivity index (χ2n) is 12.7. The van der Waals surface area contributed by atoms with Gasteiger partial charge in [-0.2, -0.15) is 18.3 Å². The van der Waals surface area contributed by atoms with Crippen LogP contribution in [0, 0.1) is 0 Å². The molecule has 0 atom stereocenters. The molecule has 6 aromatic heterocycles. The molecule has 0 aliphatic carbocycles. The van der Waals surface area contributed by atoms with E-state index in [1.807, 2.05) is 54.6 Å². The first-order chi connectivity index (χ1) is 30.2. The third kappa shape index (κ3) is 11.8. The third-order valence-electron chi connectivity index (χ3n) is 8.59. The van der Waals surface area contributed by atoms with Crippen molar-refractivity contribution in [2.24, 2.45) is 0 Å². The minimum Gasteiger partial charge on any atom is -0.753 e. The van der Waals surface area contributed by atoms with Gasteiger partial charge in [-0.3, -0.25) is 15.0 Å². The Kier molecular flexibility index (Phi) is 15.9. The number of thiocarbonyl (C=S) groups is 1. The number of carbonyl (C=O) groups is 3. The Morgan fingerprint density at radius 3 is 1.59 bits per heavy atom. The fourth-order valence-electron chi connectivity index (χ4n) is 5.73. The summed E-state index contributed by atoms with van der Waals surface area (Å²) in [5.74, 6) is -3.56. The van der Waals surface area contributed by atoms with Crippen molar-refractivity contribution in [3.63, 3.8) is 0 Å². The molecule has 3 N–H and O–H groups in total. The molecular formula is C44H27F3N8O6RuS2. The van der Waals surface area contributed by atoms with Crippen LogP contribution in [-0.2, 0) is 25.7 Å². The van der Waals surface area contributed by atoms with Crippen LogP contribution < -0.4 is 10.00 Å². The summed E-state index contributed by atoms with van der Waals surface area (Å²) in [6.45, 7) is 0. The standard InChI is InChI=1S/C25H16F3N4S.C18H11N3O6.CNS.Ru/c26-25(27,28)23-15-21(30-31-23)20-12-11-17(16-29-20)22-13-14-24(33-22)32(18-7-3-1-4-8-18)19-9-5-2-6-10-19;22-16(23)9-1-3-19-12(5-9)14-7-11(18(26)27)8-15(21-14)13-6-10(17(24)25)2-4-20-13;2-1-3;/h1-16H;1-8H,(H,22,23)(H,24,25)(H,26,27);;/q-1;;-1;+2. The van der Waals surface area contributed by atoms with E-state index in [-0.39, 0.29) is 64.6 Å². The van der Waals surface area contributed by atoms with Crippen LogP contribution in [0.1, 0.15) is 36.8 Å². The monoisotopic (exact) mass is 986 g/mol. The molecule has 0 fully saturated rings. The number of aromatic nitrogens is 6. The van der Waals surface area contributed by atoms with Crippen LogP contribution in [0.3, 0.4) is 0 Å². The van der Waals surface area contributed by atoms with Gasteiger partial charge in [-0.25, -0.2) is 19.4 Å². The quantitative estimate of drug-likeness (QED) is 0.0660. The van der Waals surface area contributed by atoms with Crippen molar-refractivity contribution in [1.29, 1.82) is 0 Å². The van der Waals surface area contributed by atoms with Gasteiger partial charge in [0.2, 0.25) is 0 Å². The first kappa shape index (κ1) is 47.4. The number of aromatic carboxylic acids is 3. The first-order valence-electron chi connectivity index (χ1n) is 18.0. The number of alkyl halides is 3. The predicted molar refractivity (Wildman–Crippen MR) is 231 cm³/mol.